The average molecular weight is 815 g/mol. The van der Waals surface area contributed by atoms with E-state index in [9.17, 15) is 0 Å². The molecule has 0 aliphatic rings. The van der Waals surface area contributed by atoms with E-state index in [-0.39, 0.29) is 20.1 Å². The Labute approximate surface area is 302 Å². The van der Waals surface area contributed by atoms with Crippen molar-refractivity contribution in [2.24, 2.45) is 5.41 Å². The first kappa shape index (κ1) is 34.0. The number of rotatable bonds is 4. The largest absolute Gasteiger partial charge is 0.456 e. The molecule has 0 unspecified atom stereocenters. The van der Waals surface area contributed by atoms with Crippen LogP contribution in [0.1, 0.15) is 37.5 Å². The number of aromatic nitrogens is 2. The van der Waals surface area contributed by atoms with Crippen LogP contribution in [0.5, 0.6) is 0 Å². The van der Waals surface area contributed by atoms with Gasteiger partial charge in [0.2, 0.25) is 0 Å². The van der Waals surface area contributed by atoms with Gasteiger partial charge in [0.05, 0.1) is 0 Å². The molecule has 5 aromatic carbocycles. The van der Waals surface area contributed by atoms with Gasteiger partial charge >= 0.3 is 0 Å². The minimum Gasteiger partial charge on any atom is -0.456 e. The molecule has 0 atom stereocenters. The monoisotopic (exact) mass is 815 g/mol. The van der Waals surface area contributed by atoms with E-state index >= 15 is 0 Å². The summed E-state index contributed by atoms with van der Waals surface area (Å²) in [6, 6.07) is 46.4. The summed E-state index contributed by atoms with van der Waals surface area (Å²) in [5.74, 6) is 0. The van der Waals surface area contributed by atoms with Crippen molar-refractivity contribution in [3.8, 4) is 33.6 Å². The van der Waals surface area contributed by atoms with E-state index in [1.165, 1.54) is 38.4 Å². The Morgan fingerprint density at radius 3 is 2.24 bits per heavy atom. The van der Waals surface area contributed by atoms with Crippen molar-refractivity contribution in [1.29, 1.82) is 0 Å². The average Bonchev–Trinajstić information content (AvgIpc) is 3.48. The maximum absolute atomic E-state index is 6.08. The molecule has 8 rings (SSSR count). The Morgan fingerprint density at radius 1 is 0.653 bits per heavy atom. The first-order valence-corrected chi connectivity index (χ1v) is 16.4. The number of hydrogen-bond donors (Lipinski definition) is 0. The Morgan fingerprint density at radius 2 is 1.49 bits per heavy atom. The molecule has 0 N–H and O–H groups in total. The van der Waals surface area contributed by atoms with Crippen molar-refractivity contribution < 1.29 is 24.5 Å². The number of furan rings is 1. The SMILES string of the molecule is Cc1c[c-]c(-c2ccc(CC(C)(C)C)cn2)cc1.Cc1ccnc(-c2[c-]ccc(-c3cccc4c3ccc3oc5ccccc5c34)c2)c1.[Ir]. The smallest absolute Gasteiger partial charge is 0.136 e. The standard InChI is InChI=1S/C28H18NO.C17H20N.Ir/c1-18-14-15-29-25(16-18)20-7-4-6-19(17-20)21-9-5-10-23-22(21)12-13-27-28(23)24-8-2-3-11-26(24)30-27;1-13-5-8-15(9-6-13)16-10-7-14(12-18-16)11-17(2,3)4;/h2-6,8-17H,1H3;5-8,10,12H,11H2,1-4H3;/q2*-1;. The molecule has 245 valence electrons. The minimum atomic E-state index is 0. The second kappa shape index (κ2) is 14.3. The van der Waals surface area contributed by atoms with Crippen LogP contribution in [0.25, 0.3) is 66.4 Å². The summed E-state index contributed by atoms with van der Waals surface area (Å²) in [6.07, 6.45) is 4.88. The van der Waals surface area contributed by atoms with Gasteiger partial charge in [-0.05, 0) is 70.2 Å². The van der Waals surface area contributed by atoms with Crippen molar-refractivity contribution in [1.82, 2.24) is 9.97 Å². The van der Waals surface area contributed by atoms with Gasteiger partial charge in [0.1, 0.15) is 11.2 Å². The van der Waals surface area contributed by atoms with E-state index in [4.69, 9.17) is 4.42 Å². The number of para-hydroxylation sites is 1. The molecular weight excluding hydrogens is 777 g/mol. The molecule has 3 nitrogen and oxygen atoms in total. The zero-order valence-electron chi connectivity index (χ0n) is 28.5. The summed E-state index contributed by atoms with van der Waals surface area (Å²) in [6.45, 7) is 10.9. The fourth-order valence-corrected chi connectivity index (χ4v) is 6.26. The predicted molar refractivity (Wildman–Crippen MR) is 200 cm³/mol. The van der Waals surface area contributed by atoms with E-state index < -0.39 is 0 Å². The predicted octanol–water partition coefficient (Wildman–Crippen LogP) is 12.0. The molecule has 0 aliphatic carbocycles. The second-order valence-electron chi connectivity index (χ2n) is 13.7. The first-order valence-electron chi connectivity index (χ1n) is 16.4. The Kier molecular flexibility index (Phi) is 9.92. The molecule has 3 heterocycles. The third-order valence-corrected chi connectivity index (χ3v) is 8.51. The molecule has 8 aromatic rings. The van der Waals surface area contributed by atoms with Gasteiger partial charge < -0.3 is 14.4 Å². The number of aryl methyl sites for hydroxylation is 2. The van der Waals surface area contributed by atoms with Gasteiger partial charge in [-0.3, -0.25) is 0 Å². The zero-order valence-corrected chi connectivity index (χ0v) is 30.9. The normalized spacial score (nSPS) is 11.3. The summed E-state index contributed by atoms with van der Waals surface area (Å²) in [7, 11) is 0. The second-order valence-corrected chi connectivity index (χ2v) is 13.7. The van der Waals surface area contributed by atoms with Gasteiger partial charge in [0.15, 0.2) is 0 Å². The zero-order chi connectivity index (χ0) is 33.3. The van der Waals surface area contributed by atoms with Gasteiger partial charge in [-0.25, -0.2) is 0 Å². The van der Waals surface area contributed by atoms with Gasteiger partial charge in [-0.2, -0.15) is 0 Å². The van der Waals surface area contributed by atoms with Gasteiger partial charge in [-0.1, -0.05) is 93.9 Å². The maximum atomic E-state index is 6.08. The molecule has 0 spiro atoms. The van der Waals surface area contributed by atoms with Crippen LogP contribution in [0.15, 0.2) is 132 Å². The fourth-order valence-electron chi connectivity index (χ4n) is 6.26. The minimum absolute atomic E-state index is 0. The first-order chi connectivity index (χ1) is 23.2. The number of pyridine rings is 2. The van der Waals surface area contributed by atoms with Gasteiger partial charge in [-0.15, -0.1) is 70.8 Å². The summed E-state index contributed by atoms with van der Waals surface area (Å²) >= 11 is 0. The van der Waals surface area contributed by atoms with Gasteiger partial charge in [0, 0.05) is 43.3 Å². The third-order valence-electron chi connectivity index (χ3n) is 8.51. The van der Waals surface area contributed by atoms with E-state index in [0.717, 1.165) is 51.1 Å². The van der Waals surface area contributed by atoms with Gasteiger partial charge in [0.25, 0.3) is 0 Å². The van der Waals surface area contributed by atoms with Crippen molar-refractivity contribution in [3.63, 3.8) is 0 Å². The summed E-state index contributed by atoms with van der Waals surface area (Å²) < 4.78 is 6.08. The number of nitrogens with zero attached hydrogens (tertiary/aromatic N) is 2. The molecule has 4 heteroatoms. The van der Waals surface area contributed by atoms with Crippen LogP contribution in [0.2, 0.25) is 0 Å². The molecule has 0 saturated heterocycles. The molecule has 0 amide bonds. The number of benzene rings is 5. The van der Waals surface area contributed by atoms with Crippen molar-refractivity contribution in [2.75, 3.05) is 0 Å². The van der Waals surface area contributed by atoms with Crippen LogP contribution in [-0.2, 0) is 26.5 Å². The molecule has 1 radical (unpaired) electrons. The quantitative estimate of drug-likeness (QED) is 0.166. The summed E-state index contributed by atoms with van der Waals surface area (Å²) in [5, 5.41) is 4.75. The van der Waals surface area contributed by atoms with Crippen LogP contribution in [0, 0.1) is 31.4 Å². The Hall–Kier alpha value is -4.89. The molecular formula is C45H38IrN2O-2. The topological polar surface area (TPSA) is 38.9 Å². The Bertz CT molecular complexity index is 2360. The molecule has 0 fully saturated rings. The van der Waals surface area contributed by atoms with Crippen LogP contribution >= 0.6 is 0 Å². The van der Waals surface area contributed by atoms with Crippen molar-refractivity contribution in [2.45, 2.75) is 41.0 Å². The third kappa shape index (κ3) is 7.57. The number of hydrogen-bond acceptors (Lipinski definition) is 3. The molecule has 49 heavy (non-hydrogen) atoms. The maximum Gasteiger partial charge on any atom is 0.136 e. The van der Waals surface area contributed by atoms with Crippen LogP contribution < -0.4 is 0 Å². The molecule has 0 saturated carbocycles. The fraction of sp³-hybridized carbons (Fsp3) is 0.156. The summed E-state index contributed by atoms with van der Waals surface area (Å²) in [4.78, 5) is 9.06. The summed E-state index contributed by atoms with van der Waals surface area (Å²) in [5.41, 5.74) is 12.2. The van der Waals surface area contributed by atoms with E-state index in [1.54, 1.807) is 0 Å². The van der Waals surface area contributed by atoms with Crippen molar-refractivity contribution in [3.05, 3.63) is 156 Å². The van der Waals surface area contributed by atoms with Crippen LogP contribution in [0.3, 0.4) is 0 Å². The Balaban J connectivity index is 0.000000189. The van der Waals surface area contributed by atoms with E-state index in [2.05, 4.69) is 142 Å². The van der Waals surface area contributed by atoms with Crippen LogP contribution in [-0.4, -0.2) is 9.97 Å². The molecule has 0 bridgehead atoms. The van der Waals surface area contributed by atoms with E-state index in [0.29, 0.717) is 5.41 Å². The number of fused-ring (bicyclic) bond motifs is 5. The molecule has 0 aliphatic heterocycles. The molecule has 3 aromatic heterocycles. The van der Waals surface area contributed by atoms with Crippen molar-refractivity contribution >= 4 is 32.7 Å². The van der Waals surface area contributed by atoms with E-state index in [1.807, 2.05) is 42.7 Å². The van der Waals surface area contributed by atoms with Crippen LogP contribution in [0.4, 0.5) is 0 Å².